The monoisotopic (exact) mass is 116 g/mol. The standard InChI is InChI=1S/C5H8O3/c1-7-4-2-3-8-5(4)6/h2,5-6H,3H2,1H3. The van der Waals surface area contributed by atoms with Gasteiger partial charge in [0.1, 0.15) is 5.76 Å². The second-order valence-corrected chi connectivity index (χ2v) is 1.50. The predicted octanol–water partition coefficient (Wildman–Crippen LogP) is -0.135. The van der Waals surface area contributed by atoms with Crippen molar-refractivity contribution < 1.29 is 14.6 Å². The third-order valence-corrected chi connectivity index (χ3v) is 1.02. The van der Waals surface area contributed by atoms with Gasteiger partial charge in [-0.3, -0.25) is 0 Å². The first-order valence-corrected chi connectivity index (χ1v) is 2.38. The third-order valence-electron chi connectivity index (χ3n) is 1.02. The van der Waals surface area contributed by atoms with Crippen LogP contribution in [-0.4, -0.2) is 25.1 Å². The zero-order chi connectivity index (χ0) is 5.98. The summed E-state index contributed by atoms with van der Waals surface area (Å²) in [6.07, 6.45) is 0.866. The number of hydrogen-bond acceptors (Lipinski definition) is 3. The molecule has 0 spiro atoms. The largest absolute Gasteiger partial charge is 0.496 e. The van der Waals surface area contributed by atoms with E-state index >= 15 is 0 Å². The molecule has 1 heterocycles. The van der Waals surface area contributed by atoms with Crippen molar-refractivity contribution in [2.24, 2.45) is 0 Å². The second kappa shape index (κ2) is 2.15. The summed E-state index contributed by atoms with van der Waals surface area (Å²) in [4.78, 5) is 0. The van der Waals surface area contributed by atoms with Crippen LogP contribution in [0.25, 0.3) is 0 Å². The lowest BCUT2D eigenvalue weighted by Gasteiger charge is -2.04. The van der Waals surface area contributed by atoms with E-state index < -0.39 is 6.29 Å². The molecule has 0 amide bonds. The van der Waals surface area contributed by atoms with Crippen molar-refractivity contribution in [3.8, 4) is 0 Å². The Labute approximate surface area is 47.5 Å². The third kappa shape index (κ3) is 0.827. The Hall–Kier alpha value is -0.540. The van der Waals surface area contributed by atoms with Gasteiger partial charge in [-0.05, 0) is 6.08 Å². The molecule has 1 atom stereocenters. The van der Waals surface area contributed by atoms with Gasteiger partial charge in [0.15, 0.2) is 0 Å². The molecule has 0 saturated heterocycles. The molecule has 1 aliphatic heterocycles. The molecule has 0 aliphatic carbocycles. The second-order valence-electron chi connectivity index (χ2n) is 1.50. The zero-order valence-corrected chi connectivity index (χ0v) is 4.63. The van der Waals surface area contributed by atoms with Crippen molar-refractivity contribution in [3.63, 3.8) is 0 Å². The minimum atomic E-state index is -0.833. The van der Waals surface area contributed by atoms with Gasteiger partial charge in [0.05, 0.1) is 13.7 Å². The molecule has 46 valence electrons. The van der Waals surface area contributed by atoms with Crippen LogP contribution in [0.4, 0.5) is 0 Å². The van der Waals surface area contributed by atoms with Gasteiger partial charge in [0, 0.05) is 0 Å². The highest BCUT2D eigenvalue weighted by Gasteiger charge is 2.15. The van der Waals surface area contributed by atoms with Crippen LogP contribution in [0.5, 0.6) is 0 Å². The molecule has 3 heteroatoms. The Bertz CT molecular complexity index is 108. The highest BCUT2D eigenvalue weighted by atomic mass is 16.6. The van der Waals surface area contributed by atoms with E-state index in [-0.39, 0.29) is 0 Å². The number of hydrogen-bond donors (Lipinski definition) is 1. The highest BCUT2D eigenvalue weighted by molar-refractivity contribution is 5.00. The van der Waals surface area contributed by atoms with Crippen LogP contribution >= 0.6 is 0 Å². The van der Waals surface area contributed by atoms with Crippen LogP contribution in [0.3, 0.4) is 0 Å². The lowest BCUT2D eigenvalue weighted by molar-refractivity contribution is -0.0695. The quantitative estimate of drug-likeness (QED) is 0.518. The van der Waals surface area contributed by atoms with Crippen molar-refractivity contribution in [1.29, 1.82) is 0 Å². The molecule has 1 unspecified atom stereocenters. The first-order valence-electron chi connectivity index (χ1n) is 2.38. The van der Waals surface area contributed by atoms with Gasteiger partial charge >= 0.3 is 0 Å². The Morgan fingerprint density at radius 2 is 2.75 bits per heavy atom. The van der Waals surface area contributed by atoms with Crippen LogP contribution in [-0.2, 0) is 9.47 Å². The van der Waals surface area contributed by atoms with Crippen LogP contribution < -0.4 is 0 Å². The van der Waals surface area contributed by atoms with Crippen LogP contribution in [0.2, 0.25) is 0 Å². The lowest BCUT2D eigenvalue weighted by atomic mass is 10.5. The average Bonchev–Trinajstić information content (AvgIpc) is 2.14. The summed E-state index contributed by atoms with van der Waals surface area (Å²) in [6, 6.07) is 0. The van der Waals surface area contributed by atoms with Gasteiger partial charge in [0.2, 0.25) is 6.29 Å². The van der Waals surface area contributed by atoms with Gasteiger partial charge in [-0.2, -0.15) is 0 Å². The van der Waals surface area contributed by atoms with Gasteiger partial charge in [-0.1, -0.05) is 0 Å². The maximum absolute atomic E-state index is 8.77. The van der Waals surface area contributed by atoms with E-state index in [2.05, 4.69) is 0 Å². The summed E-state index contributed by atoms with van der Waals surface area (Å²) in [5, 5.41) is 8.77. The summed E-state index contributed by atoms with van der Waals surface area (Å²) in [5.41, 5.74) is 0. The molecule has 8 heavy (non-hydrogen) atoms. The molecule has 0 aromatic carbocycles. The summed E-state index contributed by atoms with van der Waals surface area (Å²) >= 11 is 0. The summed E-state index contributed by atoms with van der Waals surface area (Å²) < 4.78 is 9.40. The molecular formula is C5H8O3. The van der Waals surface area contributed by atoms with E-state index in [9.17, 15) is 0 Å². The normalized spacial score (nSPS) is 27.8. The molecule has 0 fully saturated rings. The lowest BCUT2D eigenvalue weighted by Crippen LogP contribution is -2.08. The number of aliphatic hydroxyl groups excluding tert-OH is 1. The fourth-order valence-corrected chi connectivity index (χ4v) is 0.588. The Kier molecular flexibility index (Phi) is 1.50. The van der Waals surface area contributed by atoms with Crippen molar-refractivity contribution >= 4 is 0 Å². The SMILES string of the molecule is COC1=CCOC1O. The average molecular weight is 116 g/mol. The molecule has 1 N–H and O–H groups in total. The zero-order valence-electron chi connectivity index (χ0n) is 4.63. The maximum Gasteiger partial charge on any atom is 0.214 e. The first-order chi connectivity index (χ1) is 3.84. The molecule has 0 saturated carbocycles. The van der Waals surface area contributed by atoms with E-state index in [0.29, 0.717) is 12.4 Å². The summed E-state index contributed by atoms with van der Waals surface area (Å²) in [6.45, 7) is 0.449. The van der Waals surface area contributed by atoms with E-state index in [4.69, 9.17) is 14.6 Å². The van der Waals surface area contributed by atoms with Crippen LogP contribution in [0.15, 0.2) is 11.8 Å². The van der Waals surface area contributed by atoms with Crippen molar-refractivity contribution in [1.82, 2.24) is 0 Å². The fraction of sp³-hybridized carbons (Fsp3) is 0.600. The molecule has 0 bridgehead atoms. The maximum atomic E-state index is 8.77. The van der Waals surface area contributed by atoms with Gasteiger partial charge in [-0.15, -0.1) is 0 Å². The summed E-state index contributed by atoms with van der Waals surface area (Å²) in [5.74, 6) is 0.505. The fourth-order valence-electron chi connectivity index (χ4n) is 0.588. The van der Waals surface area contributed by atoms with E-state index in [1.165, 1.54) is 7.11 Å². The van der Waals surface area contributed by atoms with Crippen LogP contribution in [0.1, 0.15) is 0 Å². The smallest absolute Gasteiger partial charge is 0.214 e. The van der Waals surface area contributed by atoms with E-state index in [0.717, 1.165) is 0 Å². The van der Waals surface area contributed by atoms with Gasteiger partial charge in [0.25, 0.3) is 0 Å². The van der Waals surface area contributed by atoms with Crippen molar-refractivity contribution in [2.75, 3.05) is 13.7 Å². The number of rotatable bonds is 1. The number of aliphatic hydroxyl groups is 1. The Morgan fingerprint density at radius 3 is 3.00 bits per heavy atom. The Balaban J connectivity index is 2.49. The number of ether oxygens (including phenoxy) is 2. The molecule has 1 aliphatic rings. The number of methoxy groups -OCH3 is 1. The Morgan fingerprint density at radius 1 is 2.00 bits per heavy atom. The van der Waals surface area contributed by atoms with Crippen LogP contribution in [0, 0.1) is 0 Å². The van der Waals surface area contributed by atoms with Crippen molar-refractivity contribution in [3.05, 3.63) is 11.8 Å². The van der Waals surface area contributed by atoms with Crippen molar-refractivity contribution in [2.45, 2.75) is 6.29 Å². The topological polar surface area (TPSA) is 38.7 Å². The predicted molar refractivity (Wildman–Crippen MR) is 27.1 cm³/mol. The van der Waals surface area contributed by atoms with Gasteiger partial charge < -0.3 is 14.6 Å². The van der Waals surface area contributed by atoms with E-state index in [1.54, 1.807) is 6.08 Å². The minimum absolute atomic E-state index is 0.449. The minimum Gasteiger partial charge on any atom is -0.496 e. The molecule has 0 radical (unpaired) electrons. The van der Waals surface area contributed by atoms with Gasteiger partial charge in [-0.25, -0.2) is 0 Å². The highest BCUT2D eigenvalue weighted by Crippen LogP contribution is 2.10. The molecule has 0 aromatic rings. The molecule has 3 nitrogen and oxygen atoms in total. The molecule has 1 rings (SSSR count). The van der Waals surface area contributed by atoms with E-state index in [1.807, 2.05) is 0 Å². The molecule has 0 aromatic heterocycles. The summed E-state index contributed by atoms with van der Waals surface area (Å²) in [7, 11) is 1.50. The molecular weight excluding hydrogens is 108 g/mol. The first kappa shape index (κ1) is 5.59.